The molecule has 3 nitrogen and oxygen atoms in total. The molecule has 1 aliphatic rings. The molecule has 1 atom stereocenters. The lowest BCUT2D eigenvalue weighted by Gasteiger charge is -2.24. The van der Waals surface area contributed by atoms with Crippen LogP contribution >= 0.6 is 11.8 Å². The number of benzene rings is 2. The van der Waals surface area contributed by atoms with Crippen molar-refractivity contribution in [3.05, 3.63) is 66.0 Å². The Morgan fingerprint density at radius 2 is 1.86 bits per heavy atom. The molecule has 1 N–H and O–H groups in total. The van der Waals surface area contributed by atoms with Gasteiger partial charge in [0.05, 0.1) is 0 Å². The predicted octanol–water partition coefficient (Wildman–Crippen LogP) is 4.11. The van der Waals surface area contributed by atoms with E-state index in [1.54, 1.807) is 28.8 Å². The van der Waals surface area contributed by atoms with Crippen molar-refractivity contribution in [2.24, 2.45) is 0 Å². The third-order valence-electron chi connectivity index (χ3n) is 3.33. The van der Waals surface area contributed by atoms with E-state index < -0.39 is 0 Å². The first kappa shape index (κ1) is 13.9. The number of carbonyl (C=O) groups excluding carboxylic acids is 1. The van der Waals surface area contributed by atoms with Gasteiger partial charge < -0.3 is 10.2 Å². The summed E-state index contributed by atoms with van der Waals surface area (Å²) in [5, 5.41) is 2.83. The van der Waals surface area contributed by atoms with Crippen molar-refractivity contribution >= 4 is 23.5 Å². The fraction of sp³-hybridized carbons (Fsp3) is 0.188. The molecule has 21 heavy (non-hydrogen) atoms. The van der Waals surface area contributed by atoms with Gasteiger partial charge in [-0.2, -0.15) is 0 Å². The van der Waals surface area contributed by atoms with E-state index in [2.05, 4.69) is 5.32 Å². The molecule has 1 fully saturated rings. The molecule has 1 aliphatic heterocycles. The number of urea groups is 1. The topological polar surface area (TPSA) is 32.3 Å². The first-order valence-corrected chi connectivity index (χ1v) is 7.78. The Morgan fingerprint density at radius 3 is 2.57 bits per heavy atom. The largest absolute Gasteiger partial charge is 0.323 e. The van der Waals surface area contributed by atoms with Crippen molar-refractivity contribution in [2.45, 2.75) is 5.37 Å². The highest BCUT2D eigenvalue weighted by atomic mass is 32.2. The Balaban J connectivity index is 1.74. The third kappa shape index (κ3) is 3.19. The molecule has 0 saturated carbocycles. The molecule has 0 unspecified atom stereocenters. The molecule has 0 radical (unpaired) electrons. The zero-order valence-corrected chi connectivity index (χ0v) is 12.1. The van der Waals surface area contributed by atoms with Gasteiger partial charge in [0.15, 0.2) is 0 Å². The van der Waals surface area contributed by atoms with E-state index in [1.165, 1.54) is 12.1 Å². The second-order valence-corrected chi connectivity index (χ2v) is 5.95. The number of halogens is 1. The predicted molar refractivity (Wildman–Crippen MR) is 83.8 cm³/mol. The average molecular weight is 302 g/mol. The van der Waals surface area contributed by atoms with Crippen LogP contribution in [0.3, 0.4) is 0 Å². The molecular weight excluding hydrogens is 287 g/mol. The van der Waals surface area contributed by atoms with E-state index >= 15 is 0 Å². The number of amides is 2. The van der Waals surface area contributed by atoms with Crippen molar-refractivity contribution < 1.29 is 9.18 Å². The minimum Gasteiger partial charge on any atom is -0.308 e. The number of nitrogens with one attached hydrogen (secondary N) is 1. The van der Waals surface area contributed by atoms with Gasteiger partial charge in [0, 0.05) is 18.0 Å². The van der Waals surface area contributed by atoms with E-state index in [4.69, 9.17) is 0 Å². The lowest BCUT2D eigenvalue weighted by atomic mass is 10.2. The van der Waals surface area contributed by atoms with Crippen molar-refractivity contribution in [1.82, 2.24) is 4.90 Å². The van der Waals surface area contributed by atoms with E-state index in [1.807, 2.05) is 30.3 Å². The molecule has 0 spiro atoms. The van der Waals surface area contributed by atoms with Gasteiger partial charge in [0.25, 0.3) is 0 Å². The minimum absolute atomic E-state index is 0.0608. The average Bonchev–Trinajstić information content (AvgIpc) is 2.98. The van der Waals surface area contributed by atoms with E-state index in [-0.39, 0.29) is 17.2 Å². The molecule has 0 bridgehead atoms. The molecule has 3 rings (SSSR count). The molecule has 0 aromatic heterocycles. The fourth-order valence-electron chi connectivity index (χ4n) is 2.30. The first-order valence-electron chi connectivity index (χ1n) is 6.74. The van der Waals surface area contributed by atoms with Gasteiger partial charge in [0.1, 0.15) is 11.2 Å². The SMILES string of the molecule is O=C(Nc1ccccc1)N1CCS[C@H]1c1ccc(F)cc1. The smallest absolute Gasteiger partial charge is 0.308 e. The van der Waals surface area contributed by atoms with Crippen LogP contribution in [0.2, 0.25) is 0 Å². The third-order valence-corrected chi connectivity index (χ3v) is 4.59. The Kier molecular flexibility index (Phi) is 4.10. The maximum Gasteiger partial charge on any atom is 0.323 e. The summed E-state index contributed by atoms with van der Waals surface area (Å²) in [5.74, 6) is 0.617. The summed E-state index contributed by atoms with van der Waals surface area (Å²) in [6, 6.07) is 15.6. The highest BCUT2D eigenvalue weighted by molar-refractivity contribution is 7.99. The van der Waals surface area contributed by atoms with E-state index in [9.17, 15) is 9.18 Å². The fourth-order valence-corrected chi connectivity index (χ4v) is 3.55. The van der Waals surface area contributed by atoms with E-state index in [0.29, 0.717) is 6.54 Å². The summed E-state index contributed by atoms with van der Waals surface area (Å²) in [5.41, 5.74) is 1.72. The number of thioether (sulfide) groups is 1. The van der Waals surface area contributed by atoms with Crippen molar-refractivity contribution in [3.63, 3.8) is 0 Å². The second-order valence-electron chi connectivity index (χ2n) is 4.76. The monoisotopic (exact) mass is 302 g/mol. The van der Waals surface area contributed by atoms with Gasteiger partial charge in [-0.3, -0.25) is 0 Å². The number of hydrogen-bond acceptors (Lipinski definition) is 2. The number of anilines is 1. The quantitative estimate of drug-likeness (QED) is 0.905. The summed E-state index contributed by atoms with van der Waals surface area (Å²) in [7, 11) is 0. The molecule has 108 valence electrons. The van der Waals surface area contributed by atoms with Crippen LogP contribution in [-0.2, 0) is 0 Å². The van der Waals surface area contributed by atoms with Crippen molar-refractivity contribution in [1.29, 1.82) is 0 Å². The number of rotatable bonds is 2. The Hall–Kier alpha value is -2.01. The van der Waals surface area contributed by atoms with Crippen LogP contribution in [0.5, 0.6) is 0 Å². The number of nitrogens with zero attached hydrogens (tertiary/aromatic N) is 1. The van der Waals surface area contributed by atoms with Gasteiger partial charge in [-0.15, -0.1) is 11.8 Å². The number of hydrogen-bond donors (Lipinski definition) is 1. The maximum atomic E-state index is 13.0. The molecule has 1 saturated heterocycles. The van der Waals surface area contributed by atoms with Crippen LogP contribution in [0.4, 0.5) is 14.9 Å². The second kappa shape index (κ2) is 6.18. The summed E-state index contributed by atoms with van der Waals surface area (Å²) < 4.78 is 13.0. The van der Waals surface area contributed by atoms with Crippen LogP contribution in [0.15, 0.2) is 54.6 Å². The lowest BCUT2D eigenvalue weighted by Crippen LogP contribution is -2.34. The van der Waals surface area contributed by atoms with Crippen LogP contribution < -0.4 is 5.32 Å². The number of para-hydroxylation sites is 1. The highest BCUT2D eigenvalue weighted by Gasteiger charge is 2.30. The zero-order valence-electron chi connectivity index (χ0n) is 11.3. The van der Waals surface area contributed by atoms with Gasteiger partial charge in [-0.1, -0.05) is 30.3 Å². The summed E-state index contributed by atoms with van der Waals surface area (Å²) in [6.07, 6.45) is 0. The molecule has 0 aliphatic carbocycles. The zero-order chi connectivity index (χ0) is 14.7. The molecule has 2 amide bonds. The lowest BCUT2D eigenvalue weighted by molar-refractivity contribution is 0.214. The first-order chi connectivity index (χ1) is 10.2. The molecular formula is C16H15FN2OS. The van der Waals surface area contributed by atoms with E-state index in [0.717, 1.165) is 17.0 Å². The van der Waals surface area contributed by atoms with Crippen molar-refractivity contribution in [2.75, 3.05) is 17.6 Å². The minimum atomic E-state index is -0.262. The maximum absolute atomic E-state index is 13.0. The highest BCUT2D eigenvalue weighted by Crippen LogP contribution is 2.38. The number of carbonyl (C=O) groups is 1. The summed E-state index contributed by atoms with van der Waals surface area (Å²) >= 11 is 1.69. The van der Waals surface area contributed by atoms with Gasteiger partial charge >= 0.3 is 6.03 Å². The molecule has 2 aromatic rings. The summed E-state index contributed by atoms with van der Waals surface area (Å²) in [4.78, 5) is 14.2. The van der Waals surface area contributed by atoms with Crippen LogP contribution in [0.1, 0.15) is 10.9 Å². The van der Waals surface area contributed by atoms with Gasteiger partial charge in [-0.05, 0) is 29.8 Å². The molecule has 1 heterocycles. The van der Waals surface area contributed by atoms with Gasteiger partial charge in [0.2, 0.25) is 0 Å². The standard InChI is InChI=1S/C16H15FN2OS/c17-13-8-6-12(7-9-13)15-19(10-11-21-15)16(20)18-14-4-2-1-3-5-14/h1-9,15H,10-11H2,(H,18,20)/t15-/m0/s1. The Bertz CT molecular complexity index is 618. The Labute approximate surface area is 127 Å². The van der Waals surface area contributed by atoms with Gasteiger partial charge in [-0.25, -0.2) is 9.18 Å². The van der Waals surface area contributed by atoms with Crippen LogP contribution in [-0.4, -0.2) is 23.2 Å². The van der Waals surface area contributed by atoms with Crippen molar-refractivity contribution in [3.8, 4) is 0 Å². The normalized spacial score (nSPS) is 17.8. The Morgan fingerprint density at radius 1 is 1.14 bits per heavy atom. The van der Waals surface area contributed by atoms with Crippen LogP contribution in [0, 0.1) is 5.82 Å². The molecule has 5 heteroatoms. The van der Waals surface area contributed by atoms with Crippen LogP contribution in [0.25, 0.3) is 0 Å². The molecule has 2 aromatic carbocycles. The summed E-state index contributed by atoms with van der Waals surface area (Å²) in [6.45, 7) is 0.686.